The second-order valence-electron chi connectivity index (χ2n) is 6.22. The summed E-state index contributed by atoms with van der Waals surface area (Å²) in [5.41, 5.74) is 0.853. The molecule has 0 N–H and O–H groups in total. The highest BCUT2D eigenvalue weighted by Crippen LogP contribution is 2.23. The molecular formula is C17H19ClN4O3. The van der Waals surface area contributed by atoms with Gasteiger partial charge >= 0.3 is 6.01 Å². The van der Waals surface area contributed by atoms with Gasteiger partial charge < -0.3 is 19.1 Å². The molecule has 0 saturated carbocycles. The Balaban J connectivity index is 1.38. The minimum absolute atomic E-state index is 0.101. The summed E-state index contributed by atoms with van der Waals surface area (Å²) in [4.78, 5) is 20.7. The first kappa shape index (κ1) is 16.4. The van der Waals surface area contributed by atoms with Gasteiger partial charge in [0.25, 0.3) is 5.91 Å². The topological polar surface area (TPSA) is 71.7 Å². The molecule has 0 bridgehead atoms. The molecule has 1 aromatic heterocycles. The van der Waals surface area contributed by atoms with Gasteiger partial charge in [-0.05, 0) is 37.1 Å². The average Bonchev–Trinajstić information content (AvgIpc) is 3.34. The van der Waals surface area contributed by atoms with Gasteiger partial charge in [0.15, 0.2) is 0 Å². The van der Waals surface area contributed by atoms with Crippen LogP contribution in [0.3, 0.4) is 0 Å². The summed E-state index contributed by atoms with van der Waals surface area (Å²) >= 11 is 5.90. The highest BCUT2D eigenvalue weighted by molar-refractivity contribution is 6.30. The molecule has 7 nitrogen and oxygen atoms in total. The molecule has 0 spiro atoms. The van der Waals surface area contributed by atoms with E-state index < -0.39 is 0 Å². The van der Waals surface area contributed by atoms with Gasteiger partial charge in [-0.25, -0.2) is 0 Å². The predicted molar refractivity (Wildman–Crippen MR) is 92.5 cm³/mol. The van der Waals surface area contributed by atoms with Crippen molar-refractivity contribution < 1.29 is 14.1 Å². The lowest BCUT2D eigenvalue weighted by molar-refractivity contribution is -0.141. The van der Waals surface area contributed by atoms with Crippen LogP contribution in [0.25, 0.3) is 11.4 Å². The molecule has 3 heterocycles. The van der Waals surface area contributed by atoms with E-state index in [1.165, 1.54) is 0 Å². The Labute approximate surface area is 150 Å². The summed E-state index contributed by atoms with van der Waals surface area (Å²) in [6.45, 7) is 3.29. The van der Waals surface area contributed by atoms with Crippen molar-refractivity contribution in [1.82, 2.24) is 15.0 Å². The van der Waals surface area contributed by atoms with E-state index in [1.807, 2.05) is 21.9 Å². The van der Waals surface area contributed by atoms with E-state index in [0.717, 1.165) is 18.4 Å². The molecule has 0 unspecified atom stereocenters. The predicted octanol–water partition coefficient (Wildman–Crippen LogP) is 2.22. The molecule has 4 rings (SSSR count). The van der Waals surface area contributed by atoms with Crippen molar-refractivity contribution in [3.05, 3.63) is 29.3 Å². The van der Waals surface area contributed by atoms with E-state index >= 15 is 0 Å². The fraction of sp³-hybridized carbons (Fsp3) is 0.471. The number of amides is 1. The second-order valence-corrected chi connectivity index (χ2v) is 6.66. The van der Waals surface area contributed by atoms with Crippen molar-refractivity contribution >= 4 is 23.5 Å². The zero-order valence-corrected chi connectivity index (χ0v) is 14.5. The second kappa shape index (κ2) is 7.01. The van der Waals surface area contributed by atoms with Crippen molar-refractivity contribution in [2.24, 2.45) is 0 Å². The molecule has 2 saturated heterocycles. The first-order valence-electron chi connectivity index (χ1n) is 8.46. The molecule has 2 aliphatic heterocycles. The van der Waals surface area contributed by atoms with Gasteiger partial charge in [-0.15, -0.1) is 0 Å². The van der Waals surface area contributed by atoms with Crippen LogP contribution in [0.4, 0.5) is 6.01 Å². The van der Waals surface area contributed by atoms with Gasteiger partial charge in [-0.3, -0.25) is 4.79 Å². The van der Waals surface area contributed by atoms with Crippen molar-refractivity contribution in [3.8, 4) is 11.4 Å². The summed E-state index contributed by atoms with van der Waals surface area (Å²) in [7, 11) is 0. The molecule has 132 valence electrons. The number of benzene rings is 1. The third kappa shape index (κ3) is 3.48. The molecule has 1 atom stereocenters. The number of ether oxygens (including phenoxy) is 1. The van der Waals surface area contributed by atoms with E-state index in [4.69, 9.17) is 20.9 Å². The summed E-state index contributed by atoms with van der Waals surface area (Å²) in [6.07, 6.45) is 1.53. The molecule has 8 heteroatoms. The zero-order chi connectivity index (χ0) is 17.2. The van der Waals surface area contributed by atoms with Crippen molar-refractivity contribution in [2.75, 3.05) is 37.7 Å². The molecular weight excluding hydrogens is 344 g/mol. The Kier molecular flexibility index (Phi) is 4.59. The van der Waals surface area contributed by atoms with Crippen LogP contribution in [-0.4, -0.2) is 59.8 Å². The van der Waals surface area contributed by atoms with Gasteiger partial charge in [0.2, 0.25) is 5.82 Å². The molecule has 0 radical (unpaired) electrons. The number of aromatic nitrogens is 2. The van der Waals surface area contributed by atoms with E-state index in [1.54, 1.807) is 12.1 Å². The number of rotatable bonds is 3. The monoisotopic (exact) mass is 362 g/mol. The van der Waals surface area contributed by atoms with Crippen LogP contribution in [0, 0.1) is 0 Å². The summed E-state index contributed by atoms with van der Waals surface area (Å²) in [5.74, 6) is 0.633. The third-order valence-corrected chi connectivity index (χ3v) is 4.84. The van der Waals surface area contributed by atoms with Crippen molar-refractivity contribution in [3.63, 3.8) is 0 Å². The van der Waals surface area contributed by atoms with Crippen molar-refractivity contribution in [1.29, 1.82) is 0 Å². The molecule has 2 aromatic rings. The first-order valence-corrected chi connectivity index (χ1v) is 8.83. The standard InChI is InChI=1S/C17H19ClN4O3/c18-13-5-3-12(4-6-13)15-19-17(25-20-15)22-9-7-21(8-10-22)16(23)14-2-1-11-24-14/h3-6,14H,1-2,7-11H2/t14-/m0/s1. The zero-order valence-electron chi connectivity index (χ0n) is 13.7. The van der Waals surface area contributed by atoms with E-state index in [9.17, 15) is 4.79 Å². The molecule has 2 fully saturated rings. The minimum Gasteiger partial charge on any atom is -0.368 e. The SMILES string of the molecule is O=C([C@@H]1CCCO1)N1CCN(c2nc(-c3ccc(Cl)cc3)no2)CC1. The van der Waals surface area contributed by atoms with Gasteiger partial charge in [-0.2, -0.15) is 4.98 Å². The summed E-state index contributed by atoms with van der Waals surface area (Å²) in [6, 6.07) is 7.78. The Bertz CT molecular complexity index is 735. The Hall–Kier alpha value is -2.12. The summed E-state index contributed by atoms with van der Waals surface area (Å²) < 4.78 is 10.9. The maximum Gasteiger partial charge on any atom is 0.324 e. The van der Waals surface area contributed by atoms with Crippen LogP contribution in [-0.2, 0) is 9.53 Å². The van der Waals surface area contributed by atoms with E-state index in [0.29, 0.717) is 49.6 Å². The number of anilines is 1. The maximum absolute atomic E-state index is 12.4. The number of hydrogen-bond donors (Lipinski definition) is 0. The largest absolute Gasteiger partial charge is 0.368 e. The molecule has 1 amide bonds. The number of carbonyl (C=O) groups is 1. The number of piperazine rings is 1. The van der Waals surface area contributed by atoms with E-state index in [-0.39, 0.29) is 12.0 Å². The first-order chi connectivity index (χ1) is 12.2. The quantitative estimate of drug-likeness (QED) is 0.833. The average molecular weight is 363 g/mol. The van der Waals surface area contributed by atoms with Crippen LogP contribution in [0.15, 0.2) is 28.8 Å². The highest BCUT2D eigenvalue weighted by Gasteiger charge is 2.31. The lowest BCUT2D eigenvalue weighted by Crippen LogP contribution is -2.51. The highest BCUT2D eigenvalue weighted by atomic mass is 35.5. The van der Waals surface area contributed by atoms with Gasteiger partial charge in [0.1, 0.15) is 6.10 Å². The Morgan fingerprint density at radius 3 is 2.60 bits per heavy atom. The minimum atomic E-state index is -0.258. The van der Waals surface area contributed by atoms with Crippen LogP contribution in [0.5, 0.6) is 0 Å². The van der Waals surface area contributed by atoms with Gasteiger partial charge in [0.05, 0.1) is 0 Å². The van der Waals surface area contributed by atoms with Crippen LogP contribution in [0.2, 0.25) is 5.02 Å². The fourth-order valence-corrected chi connectivity index (χ4v) is 3.28. The lowest BCUT2D eigenvalue weighted by Gasteiger charge is -2.34. The summed E-state index contributed by atoms with van der Waals surface area (Å²) in [5, 5.41) is 4.70. The van der Waals surface area contributed by atoms with Gasteiger partial charge in [-0.1, -0.05) is 16.8 Å². The number of halogens is 1. The van der Waals surface area contributed by atoms with Gasteiger partial charge in [0, 0.05) is 43.4 Å². The van der Waals surface area contributed by atoms with E-state index in [2.05, 4.69) is 10.1 Å². The van der Waals surface area contributed by atoms with Crippen molar-refractivity contribution in [2.45, 2.75) is 18.9 Å². The molecule has 25 heavy (non-hydrogen) atoms. The molecule has 0 aliphatic carbocycles. The maximum atomic E-state index is 12.4. The van der Waals surface area contributed by atoms with Crippen LogP contribution < -0.4 is 4.90 Å². The number of hydrogen-bond acceptors (Lipinski definition) is 6. The number of carbonyl (C=O) groups excluding carboxylic acids is 1. The lowest BCUT2D eigenvalue weighted by atomic mass is 10.2. The molecule has 1 aromatic carbocycles. The smallest absolute Gasteiger partial charge is 0.324 e. The normalized spacial score (nSPS) is 20.9. The number of nitrogens with zero attached hydrogens (tertiary/aromatic N) is 4. The Morgan fingerprint density at radius 2 is 1.92 bits per heavy atom. The van der Waals surface area contributed by atoms with Crippen LogP contribution >= 0.6 is 11.6 Å². The third-order valence-electron chi connectivity index (χ3n) is 4.58. The Morgan fingerprint density at radius 1 is 1.16 bits per heavy atom. The molecule has 2 aliphatic rings. The van der Waals surface area contributed by atoms with Crippen LogP contribution in [0.1, 0.15) is 12.8 Å². The fourth-order valence-electron chi connectivity index (χ4n) is 3.15.